The summed E-state index contributed by atoms with van der Waals surface area (Å²) in [6, 6.07) is 12.3. The van der Waals surface area contributed by atoms with Crippen LogP contribution in [-0.2, 0) is 0 Å². The van der Waals surface area contributed by atoms with E-state index in [-0.39, 0.29) is 23.1 Å². The third-order valence-electron chi connectivity index (χ3n) is 4.22. The molecule has 6 nitrogen and oxygen atoms in total. The predicted octanol–water partition coefficient (Wildman–Crippen LogP) is 3.60. The normalized spacial score (nSPS) is 12.2. The van der Waals surface area contributed by atoms with Crippen LogP contribution >= 0.6 is 0 Å². The summed E-state index contributed by atoms with van der Waals surface area (Å²) in [6.45, 7) is -0.0621. The van der Waals surface area contributed by atoms with Gasteiger partial charge < -0.3 is 14.8 Å². The minimum absolute atomic E-state index is 0.0621. The van der Waals surface area contributed by atoms with Crippen molar-refractivity contribution in [1.29, 1.82) is 0 Å². The van der Waals surface area contributed by atoms with Gasteiger partial charge in [-0.2, -0.15) is 0 Å². The van der Waals surface area contributed by atoms with Crippen molar-refractivity contribution in [2.24, 2.45) is 0 Å². The number of rotatable bonds is 6. The number of H-pyrrole nitrogens is 1. The van der Waals surface area contributed by atoms with Gasteiger partial charge in [-0.05, 0) is 30.2 Å². The van der Waals surface area contributed by atoms with E-state index in [1.807, 2.05) is 24.4 Å². The number of nitro benzene ring substituents is 1. The Labute approximate surface area is 138 Å². The molecular formula is C18H18N2O4. The number of aliphatic hydroxyl groups excluding tert-OH is 1. The summed E-state index contributed by atoms with van der Waals surface area (Å²) >= 11 is 0. The molecule has 0 unspecified atom stereocenters. The van der Waals surface area contributed by atoms with Crippen LogP contribution in [0.15, 0.2) is 48.7 Å². The largest absolute Gasteiger partial charge is 0.497 e. The average molecular weight is 326 g/mol. The lowest BCUT2D eigenvalue weighted by Crippen LogP contribution is -2.06. The fourth-order valence-electron chi connectivity index (χ4n) is 3.09. The molecule has 1 aromatic heterocycles. The summed E-state index contributed by atoms with van der Waals surface area (Å²) in [6.07, 6.45) is 2.25. The predicted molar refractivity (Wildman–Crippen MR) is 91.5 cm³/mol. The second kappa shape index (κ2) is 6.72. The fraction of sp³-hybridized carbons (Fsp3) is 0.222. The molecule has 0 amide bonds. The third kappa shape index (κ3) is 2.83. The van der Waals surface area contributed by atoms with Crippen molar-refractivity contribution >= 4 is 16.6 Å². The summed E-state index contributed by atoms with van der Waals surface area (Å²) in [5, 5.41) is 21.8. The topological polar surface area (TPSA) is 88.4 Å². The molecule has 124 valence electrons. The molecule has 2 N–H and O–H groups in total. The minimum atomic E-state index is -0.380. The number of nitrogens with one attached hydrogen (secondary N) is 1. The molecule has 24 heavy (non-hydrogen) atoms. The first-order valence-electron chi connectivity index (χ1n) is 7.65. The van der Waals surface area contributed by atoms with Crippen LogP contribution in [0, 0.1) is 10.1 Å². The maximum Gasteiger partial charge on any atom is 0.273 e. The lowest BCUT2D eigenvalue weighted by Gasteiger charge is -2.16. The molecule has 1 atom stereocenters. The van der Waals surface area contributed by atoms with Gasteiger partial charge in [0, 0.05) is 41.3 Å². The van der Waals surface area contributed by atoms with Gasteiger partial charge in [-0.1, -0.05) is 18.2 Å². The number of aliphatic hydroxyl groups is 1. The van der Waals surface area contributed by atoms with Gasteiger partial charge in [-0.3, -0.25) is 10.1 Å². The van der Waals surface area contributed by atoms with Crippen LogP contribution in [0.4, 0.5) is 5.69 Å². The van der Waals surface area contributed by atoms with E-state index in [0.717, 1.165) is 16.5 Å². The van der Waals surface area contributed by atoms with Crippen LogP contribution in [-0.4, -0.2) is 28.7 Å². The molecule has 0 bridgehead atoms. The van der Waals surface area contributed by atoms with Crippen molar-refractivity contribution in [3.63, 3.8) is 0 Å². The number of nitrogens with zero attached hydrogens (tertiary/aromatic N) is 1. The fourth-order valence-corrected chi connectivity index (χ4v) is 3.09. The first-order valence-corrected chi connectivity index (χ1v) is 7.65. The van der Waals surface area contributed by atoms with Crippen LogP contribution in [0.1, 0.15) is 23.5 Å². The highest BCUT2D eigenvalue weighted by molar-refractivity contribution is 5.85. The Morgan fingerprint density at radius 3 is 2.75 bits per heavy atom. The Morgan fingerprint density at radius 1 is 1.25 bits per heavy atom. The molecule has 0 saturated heterocycles. The Kier molecular flexibility index (Phi) is 4.48. The molecule has 3 rings (SSSR count). The molecule has 0 aliphatic heterocycles. The SMILES string of the molecule is COc1ccc2[nH]cc([C@@H](CCO)c3ccccc3[N+](=O)[O-])c2c1. The summed E-state index contributed by atoms with van der Waals surface area (Å²) in [7, 11) is 1.60. The molecule has 0 aliphatic carbocycles. The quantitative estimate of drug-likeness (QED) is 0.535. The van der Waals surface area contributed by atoms with Gasteiger partial charge in [0.15, 0.2) is 0 Å². The number of ether oxygens (including phenoxy) is 1. The zero-order valence-electron chi connectivity index (χ0n) is 13.2. The number of nitro groups is 1. The van der Waals surface area contributed by atoms with Crippen molar-refractivity contribution in [1.82, 2.24) is 4.98 Å². The molecule has 0 radical (unpaired) electrons. The van der Waals surface area contributed by atoms with Crippen molar-refractivity contribution < 1.29 is 14.8 Å². The van der Waals surface area contributed by atoms with E-state index >= 15 is 0 Å². The van der Waals surface area contributed by atoms with Gasteiger partial charge in [0.25, 0.3) is 5.69 Å². The summed E-state index contributed by atoms with van der Waals surface area (Å²) in [5.74, 6) is 0.436. The number of benzene rings is 2. The third-order valence-corrected chi connectivity index (χ3v) is 4.22. The molecule has 0 fully saturated rings. The Bertz CT molecular complexity index is 872. The van der Waals surface area contributed by atoms with Gasteiger partial charge in [0.2, 0.25) is 0 Å². The van der Waals surface area contributed by atoms with Crippen LogP contribution in [0.2, 0.25) is 0 Å². The van der Waals surface area contributed by atoms with Gasteiger partial charge in [0.05, 0.1) is 12.0 Å². The Hall–Kier alpha value is -2.86. The number of aromatic amines is 1. The van der Waals surface area contributed by atoms with Crippen LogP contribution in [0.5, 0.6) is 5.75 Å². The lowest BCUT2D eigenvalue weighted by molar-refractivity contribution is -0.385. The van der Waals surface area contributed by atoms with Crippen molar-refractivity contribution in [2.45, 2.75) is 12.3 Å². The molecular weight excluding hydrogens is 308 g/mol. The summed E-state index contributed by atoms with van der Waals surface area (Å²) in [4.78, 5) is 14.2. The molecule has 0 spiro atoms. The number of methoxy groups -OCH3 is 1. The lowest BCUT2D eigenvalue weighted by atomic mass is 9.87. The van der Waals surface area contributed by atoms with E-state index in [4.69, 9.17) is 4.74 Å². The van der Waals surface area contributed by atoms with E-state index < -0.39 is 0 Å². The molecule has 1 heterocycles. The minimum Gasteiger partial charge on any atom is -0.497 e. The van der Waals surface area contributed by atoms with E-state index in [0.29, 0.717) is 17.7 Å². The van der Waals surface area contributed by atoms with Crippen LogP contribution < -0.4 is 4.74 Å². The monoisotopic (exact) mass is 326 g/mol. The first-order chi connectivity index (χ1) is 11.7. The maximum atomic E-state index is 11.4. The molecule has 2 aromatic carbocycles. The Morgan fingerprint density at radius 2 is 2.04 bits per heavy atom. The number of hydrogen-bond donors (Lipinski definition) is 2. The van der Waals surface area contributed by atoms with E-state index in [9.17, 15) is 15.2 Å². The molecule has 6 heteroatoms. The van der Waals surface area contributed by atoms with Crippen LogP contribution in [0.25, 0.3) is 10.9 Å². The summed E-state index contributed by atoms with van der Waals surface area (Å²) < 4.78 is 5.28. The van der Waals surface area contributed by atoms with E-state index in [1.54, 1.807) is 25.3 Å². The zero-order valence-corrected chi connectivity index (χ0v) is 13.2. The summed E-state index contributed by atoms with van der Waals surface area (Å²) in [5.41, 5.74) is 2.49. The first kappa shape index (κ1) is 16.0. The number of hydrogen-bond acceptors (Lipinski definition) is 4. The van der Waals surface area contributed by atoms with Gasteiger partial charge in [-0.25, -0.2) is 0 Å². The number of fused-ring (bicyclic) bond motifs is 1. The van der Waals surface area contributed by atoms with Crippen molar-refractivity contribution in [2.75, 3.05) is 13.7 Å². The van der Waals surface area contributed by atoms with Gasteiger partial charge >= 0.3 is 0 Å². The van der Waals surface area contributed by atoms with E-state index in [2.05, 4.69) is 4.98 Å². The van der Waals surface area contributed by atoms with Gasteiger partial charge in [0.1, 0.15) is 5.75 Å². The van der Waals surface area contributed by atoms with Crippen molar-refractivity contribution in [3.05, 3.63) is 69.9 Å². The molecule has 0 saturated carbocycles. The zero-order chi connectivity index (χ0) is 17.1. The molecule has 3 aromatic rings. The highest BCUT2D eigenvalue weighted by atomic mass is 16.6. The van der Waals surface area contributed by atoms with Crippen LogP contribution in [0.3, 0.4) is 0 Å². The Balaban J connectivity index is 2.18. The van der Waals surface area contributed by atoms with Gasteiger partial charge in [-0.15, -0.1) is 0 Å². The smallest absolute Gasteiger partial charge is 0.273 e. The average Bonchev–Trinajstić information content (AvgIpc) is 3.02. The second-order valence-corrected chi connectivity index (χ2v) is 5.54. The highest BCUT2D eigenvalue weighted by Gasteiger charge is 2.25. The molecule has 0 aliphatic rings. The second-order valence-electron chi connectivity index (χ2n) is 5.54. The van der Waals surface area contributed by atoms with E-state index in [1.165, 1.54) is 6.07 Å². The number of aromatic nitrogens is 1. The van der Waals surface area contributed by atoms with Crippen molar-refractivity contribution in [3.8, 4) is 5.75 Å². The highest BCUT2D eigenvalue weighted by Crippen LogP contribution is 2.38. The maximum absolute atomic E-state index is 11.4. The number of para-hydroxylation sites is 1. The standard InChI is InChI=1S/C18H18N2O4/c1-24-12-6-7-17-15(10-12)16(11-19-17)13(8-9-21)14-4-2-3-5-18(14)20(22)23/h2-7,10-11,13,19,21H,8-9H2,1H3/t13-/m0/s1.